The molecule has 0 heterocycles. The lowest BCUT2D eigenvalue weighted by Crippen LogP contribution is -1.42. The maximum absolute atomic E-state index is 4.17. The third-order valence-electron chi connectivity index (χ3n) is 0.223. The van der Waals surface area contributed by atoms with E-state index in [1.54, 1.807) is 0 Å². The molecule has 5 heavy (non-hydrogen) atoms. The standard InChI is InChI=1S/C3H5NS/c1-2-3-4-5/h2H2,1H3. The Bertz CT molecular complexity index is 59.0. The van der Waals surface area contributed by atoms with Gasteiger partial charge in [-0.15, -0.1) is 0 Å². The largest absolute Gasteiger partial charge is 0.264 e. The van der Waals surface area contributed by atoms with Crippen molar-refractivity contribution in [2.45, 2.75) is 13.3 Å². The molecule has 0 rings (SSSR count). The van der Waals surface area contributed by atoms with Crippen LogP contribution in [0, 0.1) is 6.07 Å². The molecule has 0 saturated heterocycles. The van der Waals surface area contributed by atoms with Gasteiger partial charge >= 0.3 is 0 Å². The number of hydrogen-bond donors (Lipinski definition) is 0. The molecule has 0 aliphatic rings. The van der Waals surface area contributed by atoms with Crippen molar-refractivity contribution < 1.29 is 0 Å². The lowest BCUT2D eigenvalue weighted by atomic mass is 10.6. The van der Waals surface area contributed by atoms with E-state index in [2.05, 4.69) is 23.1 Å². The van der Waals surface area contributed by atoms with Gasteiger partial charge in [0.05, 0.1) is 6.42 Å². The summed E-state index contributed by atoms with van der Waals surface area (Å²) in [5.41, 5.74) is 0. The van der Waals surface area contributed by atoms with Crippen molar-refractivity contribution in [2.24, 2.45) is 0 Å². The molecule has 2 heteroatoms. The molecule has 0 aliphatic heterocycles. The van der Waals surface area contributed by atoms with E-state index in [9.17, 15) is 0 Å². The Kier molecular flexibility index (Phi) is 3.49. The van der Waals surface area contributed by atoms with Crippen molar-refractivity contribution in [1.29, 1.82) is 0 Å². The minimum absolute atomic E-state index is 0.823. The summed E-state index contributed by atoms with van der Waals surface area (Å²) >= 11 is 4.17. The van der Waals surface area contributed by atoms with Gasteiger partial charge in [-0.2, -0.15) is 4.25 Å². The molecular weight excluding hydrogens is 82.1 g/mol. The molecule has 28 valence electrons. The molecule has 0 aromatic carbocycles. The second kappa shape index (κ2) is 3.71. The van der Waals surface area contributed by atoms with Crippen LogP contribution in [-0.2, 0) is 12.8 Å². The average Bonchev–Trinajstić information content (AvgIpc) is 1.41. The Morgan fingerprint density at radius 2 is 2.60 bits per heavy atom. The molecule has 0 spiro atoms. The molecular formula is C3H5NS. The molecule has 0 atom stereocenters. The topological polar surface area (TPSA) is 4.36 Å². The van der Waals surface area contributed by atoms with E-state index in [0.29, 0.717) is 0 Å². The van der Waals surface area contributed by atoms with Crippen LogP contribution >= 0.6 is 0 Å². The molecule has 0 fully saturated rings. The summed E-state index contributed by atoms with van der Waals surface area (Å²) in [5, 5.41) is 0. The summed E-state index contributed by atoms with van der Waals surface area (Å²) in [6.45, 7) is 1.94. The zero-order chi connectivity index (χ0) is 4.12. The highest BCUT2D eigenvalue weighted by Gasteiger charge is 1.61. The molecule has 1 nitrogen and oxygen atoms in total. The molecule has 0 saturated carbocycles. The van der Waals surface area contributed by atoms with Crippen LogP contribution in [0.2, 0.25) is 0 Å². The van der Waals surface area contributed by atoms with Crippen molar-refractivity contribution in [2.75, 3.05) is 0 Å². The zero-order valence-electron chi connectivity index (χ0n) is 3.06. The van der Waals surface area contributed by atoms with Crippen LogP contribution in [0.3, 0.4) is 0 Å². The minimum Gasteiger partial charge on any atom is -0.264 e. The van der Waals surface area contributed by atoms with E-state index < -0.39 is 0 Å². The van der Waals surface area contributed by atoms with Crippen molar-refractivity contribution in [3.63, 3.8) is 0 Å². The van der Waals surface area contributed by atoms with E-state index in [-0.39, 0.29) is 0 Å². The van der Waals surface area contributed by atoms with Gasteiger partial charge in [-0.3, -0.25) is 12.8 Å². The number of hydrogen-bond acceptors (Lipinski definition) is 1. The Labute approximate surface area is 37.4 Å². The Hall–Kier alpha value is -0.290. The summed E-state index contributed by atoms with van der Waals surface area (Å²) in [6.07, 6.45) is 0.823. The lowest BCUT2D eigenvalue weighted by Gasteiger charge is -1.51. The number of nitrogens with zero attached hydrogens (tertiary/aromatic N) is 1. The third kappa shape index (κ3) is 3.71. The predicted octanol–water partition coefficient (Wildman–Crippen LogP) is 1.19. The number of rotatable bonds is 0. The first-order valence-corrected chi connectivity index (χ1v) is 1.83. The Balaban J connectivity index is 2.81. The molecule has 0 aromatic heterocycles. The molecule has 0 N–H and O–H groups in total. The van der Waals surface area contributed by atoms with E-state index >= 15 is 0 Å². The van der Waals surface area contributed by atoms with E-state index in [0.717, 1.165) is 6.42 Å². The van der Waals surface area contributed by atoms with Gasteiger partial charge in [0.25, 0.3) is 6.07 Å². The van der Waals surface area contributed by atoms with Crippen LogP contribution < -0.4 is 0 Å². The van der Waals surface area contributed by atoms with Crippen molar-refractivity contribution >= 4 is 12.8 Å². The summed E-state index contributed by atoms with van der Waals surface area (Å²) in [4.78, 5) is 0. The van der Waals surface area contributed by atoms with Gasteiger partial charge in [0, 0.05) is 0 Å². The maximum Gasteiger partial charge on any atom is 0.252 e. The summed E-state index contributed by atoms with van der Waals surface area (Å²) in [5.74, 6) is 0. The summed E-state index contributed by atoms with van der Waals surface area (Å²) in [7, 11) is 0. The normalized spacial score (nSPS) is 5.00. The lowest BCUT2D eigenvalue weighted by molar-refractivity contribution is 1.28. The highest BCUT2D eigenvalue weighted by atomic mass is 32.1. The first-order valence-electron chi connectivity index (χ1n) is 1.47. The van der Waals surface area contributed by atoms with Crippen LogP contribution in [0.15, 0.2) is 0 Å². The summed E-state index contributed by atoms with van der Waals surface area (Å²) < 4.78 is 3.19. The van der Waals surface area contributed by atoms with Crippen molar-refractivity contribution in [3.05, 3.63) is 4.25 Å². The molecule has 0 aliphatic carbocycles. The van der Waals surface area contributed by atoms with E-state index in [4.69, 9.17) is 0 Å². The van der Waals surface area contributed by atoms with Gasteiger partial charge in [-0.1, -0.05) is 0 Å². The molecule has 0 unspecified atom stereocenters. The van der Waals surface area contributed by atoms with Crippen molar-refractivity contribution in [1.82, 2.24) is 0 Å². The Morgan fingerprint density at radius 1 is 2.00 bits per heavy atom. The average molecular weight is 87.1 g/mol. The monoisotopic (exact) mass is 87.0 g/mol. The summed E-state index contributed by atoms with van der Waals surface area (Å²) in [6, 6.07) is 2.55. The van der Waals surface area contributed by atoms with Gasteiger partial charge in [-0.25, -0.2) is 0 Å². The second-order valence-electron chi connectivity index (χ2n) is 0.603. The van der Waals surface area contributed by atoms with Crippen LogP contribution in [0.25, 0.3) is 4.25 Å². The smallest absolute Gasteiger partial charge is 0.252 e. The first kappa shape index (κ1) is 4.71. The maximum atomic E-state index is 4.17. The van der Waals surface area contributed by atoms with E-state index in [1.165, 1.54) is 0 Å². The fraction of sp³-hybridized carbons (Fsp3) is 0.667. The molecule has 0 amide bonds. The van der Waals surface area contributed by atoms with Gasteiger partial charge in [0.15, 0.2) is 0 Å². The first-order chi connectivity index (χ1) is 2.41. The minimum atomic E-state index is 0.823. The second-order valence-corrected chi connectivity index (χ2v) is 0.786. The highest BCUT2D eigenvalue weighted by molar-refractivity contribution is 7.61. The van der Waals surface area contributed by atoms with Gasteiger partial charge in [0.1, 0.15) is 0 Å². The van der Waals surface area contributed by atoms with Crippen LogP contribution in [0.1, 0.15) is 13.3 Å². The van der Waals surface area contributed by atoms with Gasteiger partial charge in [0.2, 0.25) is 0 Å². The zero-order valence-corrected chi connectivity index (χ0v) is 3.88. The van der Waals surface area contributed by atoms with Gasteiger partial charge < -0.3 is 0 Å². The van der Waals surface area contributed by atoms with Crippen LogP contribution in [0.5, 0.6) is 0 Å². The van der Waals surface area contributed by atoms with Crippen molar-refractivity contribution in [3.8, 4) is 6.07 Å². The van der Waals surface area contributed by atoms with E-state index in [1.807, 2.05) is 6.92 Å². The molecule has 0 radical (unpaired) electrons. The molecule has 0 bridgehead atoms. The Morgan fingerprint density at radius 3 is 2.60 bits per heavy atom. The SMILES string of the molecule is CCC#[N+][S-]. The molecule has 0 aromatic rings. The van der Waals surface area contributed by atoms with Gasteiger partial charge in [-0.05, 0) is 6.92 Å². The predicted molar refractivity (Wildman–Crippen MR) is 24.9 cm³/mol. The van der Waals surface area contributed by atoms with Crippen LogP contribution in [0.4, 0.5) is 0 Å². The quantitative estimate of drug-likeness (QED) is 0.401. The van der Waals surface area contributed by atoms with Crippen LogP contribution in [-0.4, -0.2) is 0 Å². The highest BCUT2D eigenvalue weighted by Crippen LogP contribution is 1.65. The fourth-order valence-electron chi connectivity index (χ4n) is 0.0645. The fourth-order valence-corrected chi connectivity index (χ4v) is 0.194. The third-order valence-corrected chi connectivity index (χ3v) is 0.352.